The minimum Gasteiger partial charge on any atom is -0.378 e. The lowest BCUT2D eigenvalue weighted by atomic mass is 10.1. The Balaban J connectivity index is 2.00. The summed E-state index contributed by atoms with van der Waals surface area (Å²) in [6.07, 6.45) is 12.5. The van der Waals surface area contributed by atoms with E-state index in [1.165, 1.54) is 0 Å². The average molecular weight is 391 g/mol. The van der Waals surface area contributed by atoms with Gasteiger partial charge in [0.2, 0.25) is 0 Å². The fraction of sp³-hybridized carbons (Fsp3) is 0.333. The summed E-state index contributed by atoms with van der Waals surface area (Å²) in [5, 5.41) is 0. The number of likely N-dealkylation sites (tertiary alicyclic amines) is 1. The van der Waals surface area contributed by atoms with Crippen LogP contribution in [0.2, 0.25) is 0 Å². The highest BCUT2D eigenvalue weighted by atomic mass is 16.5. The highest BCUT2D eigenvalue weighted by Crippen LogP contribution is 2.36. The smallest absolute Gasteiger partial charge is 0.102 e. The first-order chi connectivity index (χ1) is 14.2. The van der Waals surface area contributed by atoms with Crippen molar-refractivity contribution in [2.45, 2.75) is 20.3 Å². The number of nitrogens with zero attached hydrogens (tertiary/aromatic N) is 4. The maximum Gasteiger partial charge on any atom is 0.102 e. The van der Waals surface area contributed by atoms with Crippen LogP contribution in [-0.4, -0.2) is 53.5 Å². The monoisotopic (exact) mass is 390 g/mol. The Hall–Kier alpha value is -2.92. The van der Waals surface area contributed by atoms with Crippen LogP contribution in [0.4, 0.5) is 0 Å². The zero-order valence-electron chi connectivity index (χ0n) is 17.5. The van der Waals surface area contributed by atoms with Gasteiger partial charge in [0.1, 0.15) is 5.84 Å². The first kappa shape index (κ1) is 20.8. The predicted octanol–water partition coefficient (Wildman–Crippen LogP) is 4.41. The van der Waals surface area contributed by atoms with Gasteiger partial charge in [0, 0.05) is 54.6 Å². The number of ether oxygens (including phenoxy) is 1. The Bertz CT molecular complexity index is 858. The van der Waals surface area contributed by atoms with Crippen molar-refractivity contribution in [3.63, 3.8) is 0 Å². The van der Waals surface area contributed by atoms with Crippen molar-refractivity contribution >= 4 is 11.5 Å². The van der Waals surface area contributed by atoms with Crippen molar-refractivity contribution in [1.29, 1.82) is 0 Å². The molecule has 0 N–H and O–H groups in total. The Labute approximate surface area is 174 Å². The highest BCUT2D eigenvalue weighted by Gasteiger charge is 2.26. The third kappa shape index (κ3) is 4.93. The molecule has 0 radical (unpaired) electrons. The molecule has 0 unspecified atom stereocenters. The molecule has 0 spiro atoms. The van der Waals surface area contributed by atoms with Gasteiger partial charge in [-0.3, -0.25) is 4.98 Å². The van der Waals surface area contributed by atoms with E-state index < -0.39 is 0 Å². The molecule has 1 aromatic heterocycles. The Morgan fingerprint density at radius 1 is 1.21 bits per heavy atom. The summed E-state index contributed by atoms with van der Waals surface area (Å²) in [5.41, 5.74) is 5.22. The second-order valence-electron chi connectivity index (χ2n) is 6.99. The molecule has 0 aliphatic carbocycles. The molecule has 2 saturated heterocycles. The number of aromatic nitrogens is 1. The summed E-state index contributed by atoms with van der Waals surface area (Å²) >= 11 is 0. The average Bonchev–Trinajstić information content (AvgIpc) is 3.14. The van der Waals surface area contributed by atoms with Crippen LogP contribution in [0.3, 0.4) is 0 Å². The fourth-order valence-corrected chi connectivity index (χ4v) is 3.60. The molecule has 2 aliphatic rings. The van der Waals surface area contributed by atoms with E-state index in [-0.39, 0.29) is 0 Å². The molecule has 1 aromatic rings. The number of pyridine rings is 1. The largest absolute Gasteiger partial charge is 0.378 e. The van der Waals surface area contributed by atoms with Gasteiger partial charge in [-0.25, -0.2) is 4.99 Å². The number of amidine groups is 1. The molecule has 0 aromatic carbocycles. The van der Waals surface area contributed by atoms with Crippen molar-refractivity contribution in [2.75, 3.05) is 32.8 Å². The Kier molecular flexibility index (Phi) is 7.19. The number of allylic oxidation sites excluding steroid dienone is 5. The molecule has 5 nitrogen and oxygen atoms in total. The van der Waals surface area contributed by atoms with E-state index in [4.69, 9.17) is 9.73 Å². The van der Waals surface area contributed by atoms with Gasteiger partial charge >= 0.3 is 0 Å². The minimum atomic E-state index is 0.743. The molecular weight excluding hydrogens is 360 g/mol. The van der Waals surface area contributed by atoms with E-state index >= 15 is 0 Å². The minimum absolute atomic E-state index is 0.743. The first-order valence-corrected chi connectivity index (χ1v) is 10.1. The van der Waals surface area contributed by atoms with E-state index in [2.05, 4.69) is 40.9 Å². The molecule has 152 valence electrons. The van der Waals surface area contributed by atoms with Crippen LogP contribution >= 0.6 is 0 Å². The zero-order chi connectivity index (χ0) is 20.6. The molecule has 0 saturated carbocycles. The maximum atomic E-state index is 5.48. The van der Waals surface area contributed by atoms with Crippen LogP contribution in [0.15, 0.2) is 83.9 Å². The number of hydrogen-bond acceptors (Lipinski definition) is 4. The summed E-state index contributed by atoms with van der Waals surface area (Å²) in [6, 6.07) is 4.02. The summed E-state index contributed by atoms with van der Waals surface area (Å²) in [5.74, 6) is 1.01. The van der Waals surface area contributed by atoms with Crippen molar-refractivity contribution in [2.24, 2.45) is 4.99 Å². The second-order valence-corrected chi connectivity index (χ2v) is 6.99. The van der Waals surface area contributed by atoms with Gasteiger partial charge in [-0.1, -0.05) is 25.3 Å². The first-order valence-electron chi connectivity index (χ1n) is 10.1. The van der Waals surface area contributed by atoms with Gasteiger partial charge in [0.15, 0.2) is 0 Å². The molecule has 5 heteroatoms. The molecule has 3 heterocycles. The standard InChI is InChI=1S/C24H30N4O/c1-5-7-8-22(6-2)28-14-11-23(19(28)3)24(21-9-12-25-13-10-21)26-20(4)27-15-17-29-18-16-27/h5-10,12-13H,2-3,11,14-18H2,1,4H3/b7-5-,22-8+,24-23-,26-20?. The van der Waals surface area contributed by atoms with Crippen molar-refractivity contribution in [1.82, 2.24) is 14.8 Å². The zero-order valence-corrected chi connectivity index (χ0v) is 17.5. The van der Waals surface area contributed by atoms with E-state index in [1.54, 1.807) is 0 Å². The van der Waals surface area contributed by atoms with E-state index in [1.807, 2.05) is 49.7 Å². The molecule has 29 heavy (non-hydrogen) atoms. The van der Waals surface area contributed by atoms with Gasteiger partial charge in [0.05, 0.1) is 18.9 Å². The molecule has 3 rings (SSSR count). The number of morpholine rings is 1. The van der Waals surface area contributed by atoms with E-state index in [0.717, 1.165) is 73.3 Å². The predicted molar refractivity (Wildman–Crippen MR) is 120 cm³/mol. The van der Waals surface area contributed by atoms with E-state index in [9.17, 15) is 0 Å². The summed E-state index contributed by atoms with van der Waals surface area (Å²) in [4.78, 5) is 13.7. The van der Waals surface area contributed by atoms with Gasteiger partial charge < -0.3 is 14.5 Å². The molecule has 0 bridgehead atoms. The lowest BCUT2D eigenvalue weighted by Crippen LogP contribution is -2.39. The molecule has 0 atom stereocenters. The molecular formula is C24H30N4O. The quantitative estimate of drug-likeness (QED) is 0.424. The SMILES string of the molecule is C=C/C(=C\C=C/C)N1CC/C(=C(/N=C(C)N2CCOCC2)c2ccncc2)C1=C. The topological polar surface area (TPSA) is 41.0 Å². The summed E-state index contributed by atoms with van der Waals surface area (Å²) in [6.45, 7) is 16.5. The number of rotatable bonds is 5. The summed E-state index contributed by atoms with van der Waals surface area (Å²) in [7, 11) is 0. The highest BCUT2D eigenvalue weighted by molar-refractivity contribution is 5.88. The van der Waals surface area contributed by atoms with Gasteiger partial charge in [-0.15, -0.1) is 0 Å². The Morgan fingerprint density at radius 2 is 1.93 bits per heavy atom. The van der Waals surface area contributed by atoms with Gasteiger partial charge in [-0.05, 0) is 44.6 Å². The van der Waals surface area contributed by atoms with Crippen LogP contribution in [0.25, 0.3) is 5.70 Å². The van der Waals surface area contributed by atoms with Crippen LogP contribution in [-0.2, 0) is 4.74 Å². The molecule has 2 aliphatic heterocycles. The lowest BCUT2D eigenvalue weighted by Gasteiger charge is -2.28. The van der Waals surface area contributed by atoms with Crippen LogP contribution in [0, 0.1) is 0 Å². The third-order valence-corrected chi connectivity index (χ3v) is 5.22. The maximum absolute atomic E-state index is 5.48. The van der Waals surface area contributed by atoms with Crippen molar-refractivity contribution in [3.8, 4) is 0 Å². The summed E-state index contributed by atoms with van der Waals surface area (Å²) < 4.78 is 5.48. The van der Waals surface area contributed by atoms with Gasteiger partial charge in [0.25, 0.3) is 0 Å². The van der Waals surface area contributed by atoms with Crippen LogP contribution in [0.5, 0.6) is 0 Å². The van der Waals surface area contributed by atoms with Crippen molar-refractivity contribution < 1.29 is 4.74 Å². The van der Waals surface area contributed by atoms with Gasteiger partial charge in [-0.2, -0.15) is 0 Å². The molecule has 2 fully saturated rings. The number of hydrogen-bond donors (Lipinski definition) is 0. The number of aliphatic imine (C=N–C) groups is 1. The van der Waals surface area contributed by atoms with E-state index in [0.29, 0.717) is 0 Å². The Morgan fingerprint density at radius 3 is 2.59 bits per heavy atom. The third-order valence-electron chi connectivity index (χ3n) is 5.22. The fourth-order valence-electron chi connectivity index (χ4n) is 3.60. The normalized spacial score (nSPS) is 20.6. The van der Waals surface area contributed by atoms with Crippen molar-refractivity contribution in [3.05, 3.63) is 84.5 Å². The van der Waals surface area contributed by atoms with Crippen LogP contribution < -0.4 is 0 Å². The van der Waals surface area contributed by atoms with Crippen LogP contribution in [0.1, 0.15) is 25.8 Å². The molecule has 0 amide bonds. The lowest BCUT2D eigenvalue weighted by molar-refractivity contribution is 0.0678. The second kappa shape index (κ2) is 10.0.